The van der Waals surface area contributed by atoms with Crippen LogP contribution in [0.15, 0.2) is 54.6 Å². The molecule has 0 saturated heterocycles. The van der Waals surface area contributed by atoms with Crippen LogP contribution in [0.4, 0.5) is 0 Å². The fourth-order valence-corrected chi connectivity index (χ4v) is 2.20. The SMILES string of the molecule is CCO[C@H](C(=O)NCc1ccc(C(=N)N)cc1)c1ccccc1. The molecule has 0 aliphatic rings. The number of amides is 1. The zero-order valence-electron chi connectivity index (χ0n) is 13.1. The summed E-state index contributed by atoms with van der Waals surface area (Å²) in [6.07, 6.45) is -0.613. The van der Waals surface area contributed by atoms with Crippen molar-refractivity contribution in [1.82, 2.24) is 5.32 Å². The van der Waals surface area contributed by atoms with Crippen LogP contribution >= 0.6 is 0 Å². The molecule has 2 aromatic rings. The van der Waals surface area contributed by atoms with Crippen LogP contribution in [0.1, 0.15) is 29.7 Å². The summed E-state index contributed by atoms with van der Waals surface area (Å²) in [6.45, 7) is 2.72. The van der Waals surface area contributed by atoms with Crippen molar-refractivity contribution in [1.29, 1.82) is 5.41 Å². The van der Waals surface area contributed by atoms with E-state index in [1.54, 1.807) is 12.1 Å². The Balaban J connectivity index is 2.00. The zero-order chi connectivity index (χ0) is 16.7. The minimum atomic E-state index is -0.613. The number of hydrogen-bond acceptors (Lipinski definition) is 3. The van der Waals surface area contributed by atoms with E-state index in [9.17, 15) is 4.79 Å². The van der Waals surface area contributed by atoms with Gasteiger partial charge in [0.25, 0.3) is 5.91 Å². The fraction of sp³-hybridized carbons (Fsp3) is 0.222. The number of benzene rings is 2. The van der Waals surface area contributed by atoms with E-state index in [2.05, 4.69) is 5.32 Å². The summed E-state index contributed by atoms with van der Waals surface area (Å²) in [5, 5.41) is 10.2. The summed E-state index contributed by atoms with van der Waals surface area (Å²) >= 11 is 0. The minimum Gasteiger partial charge on any atom is -0.384 e. The Morgan fingerprint density at radius 2 is 1.83 bits per heavy atom. The first kappa shape index (κ1) is 16.7. The maximum absolute atomic E-state index is 12.4. The van der Waals surface area contributed by atoms with Crippen LogP contribution in [0, 0.1) is 5.41 Å². The van der Waals surface area contributed by atoms with Gasteiger partial charge in [-0.2, -0.15) is 0 Å². The van der Waals surface area contributed by atoms with Crippen LogP contribution < -0.4 is 11.1 Å². The average Bonchev–Trinajstić information content (AvgIpc) is 2.58. The van der Waals surface area contributed by atoms with E-state index in [4.69, 9.17) is 15.9 Å². The van der Waals surface area contributed by atoms with Gasteiger partial charge in [-0.1, -0.05) is 54.6 Å². The largest absolute Gasteiger partial charge is 0.384 e. The first-order chi connectivity index (χ1) is 11.1. The summed E-state index contributed by atoms with van der Waals surface area (Å²) in [4.78, 5) is 12.4. The van der Waals surface area contributed by atoms with Gasteiger partial charge >= 0.3 is 0 Å². The highest BCUT2D eigenvalue weighted by Gasteiger charge is 2.20. The molecule has 0 heterocycles. The number of nitrogens with one attached hydrogen (secondary N) is 2. The number of ether oxygens (including phenoxy) is 1. The van der Waals surface area contributed by atoms with Crippen molar-refractivity contribution in [3.8, 4) is 0 Å². The molecule has 0 aromatic heterocycles. The summed E-state index contributed by atoms with van der Waals surface area (Å²) < 4.78 is 5.57. The molecule has 120 valence electrons. The number of carbonyl (C=O) groups excluding carboxylic acids is 1. The van der Waals surface area contributed by atoms with Crippen LogP contribution in [-0.2, 0) is 16.1 Å². The zero-order valence-corrected chi connectivity index (χ0v) is 13.1. The average molecular weight is 311 g/mol. The van der Waals surface area contributed by atoms with Gasteiger partial charge in [0.05, 0.1) is 0 Å². The standard InChI is InChI=1S/C18H21N3O2/c1-2-23-16(14-6-4-3-5-7-14)18(22)21-12-13-8-10-15(11-9-13)17(19)20/h3-11,16H,2,12H2,1H3,(H3,19,20)(H,21,22)/t16-/m0/s1. The molecule has 2 rings (SSSR count). The van der Waals surface area contributed by atoms with E-state index >= 15 is 0 Å². The molecule has 0 spiro atoms. The third-order valence-corrected chi connectivity index (χ3v) is 3.41. The molecule has 5 nitrogen and oxygen atoms in total. The van der Waals surface area contributed by atoms with Crippen molar-refractivity contribution < 1.29 is 9.53 Å². The van der Waals surface area contributed by atoms with Crippen LogP contribution in [0.25, 0.3) is 0 Å². The molecule has 1 atom stereocenters. The van der Waals surface area contributed by atoms with Crippen molar-refractivity contribution in [2.75, 3.05) is 6.61 Å². The van der Waals surface area contributed by atoms with E-state index < -0.39 is 6.10 Å². The Morgan fingerprint density at radius 3 is 2.39 bits per heavy atom. The van der Waals surface area contributed by atoms with Crippen molar-refractivity contribution in [3.63, 3.8) is 0 Å². The van der Waals surface area contributed by atoms with E-state index in [0.29, 0.717) is 18.7 Å². The minimum absolute atomic E-state index is 0.0288. The molecule has 23 heavy (non-hydrogen) atoms. The second-order valence-corrected chi connectivity index (χ2v) is 5.07. The van der Waals surface area contributed by atoms with Gasteiger partial charge in [-0.3, -0.25) is 10.2 Å². The van der Waals surface area contributed by atoms with Gasteiger partial charge in [-0.25, -0.2) is 0 Å². The Labute approximate surface area is 136 Å². The third-order valence-electron chi connectivity index (χ3n) is 3.41. The van der Waals surface area contributed by atoms with Crippen LogP contribution in [0.5, 0.6) is 0 Å². The molecule has 0 saturated carbocycles. The highest BCUT2D eigenvalue weighted by Crippen LogP contribution is 2.17. The predicted octanol–water partition coefficient (Wildman–Crippen LogP) is 2.36. The number of carbonyl (C=O) groups is 1. The maximum Gasteiger partial charge on any atom is 0.254 e. The van der Waals surface area contributed by atoms with E-state index in [1.807, 2.05) is 49.4 Å². The molecule has 2 aromatic carbocycles. The second-order valence-electron chi connectivity index (χ2n) is 5.07. The van der Waals surface area contributed by atoms with Crippen LogP contribution in [0.2, 0.25) is 0 Å². The Morgan fingerprint density at radius 1 is 1.17 bits per heavy atom. The molecule has 1 amide bonds. The number of nitrogen functional groups attached to an aromatic ring is 1. The molecular formula is C18H21N3O2. The van der Waals surface area contributed by atoms with Crippen molar-refractivity contribution in [2.24, 2.45) is 5.73 Å². The molecule has 0 aliphatic carbocycles. The van der Waals surface area contributed by atoms with Gasteiger partial charge in [0, 0.05) is 18.7 Å². The lowest BCUT2D eigenvalue weighted by Crippen LogP contribution is -2.30. The summed E-state index contributed by atoms with van der Waals surface area (Å²) in [5.74, 6) is -0.144. The second kappa shape index (κ2) is 8.10. The fourth-order valence-electron chi connectivity index (χ4n) is 2.20. The monoisotopic (exact) mass is 311 g/mol. The predicted molar refractivity (Wildman–Crippen MR) is 90.1 cm³/mol. The normalized spacial score (nSPS) is 11.7. The molecule has 5 heteroatoms. The number of hydrogen-bond donors (Lipinski definition) is 3. The summed E-state index contributed by atoms with van der Waals surface area (Å²) in [6, 6.07) is 16.6. The summed E-state index contributed by atoms with van der Waals surface area (Å²) in [7, 11) is 0. The molecule has 0 aliphatic heterocycles. The first-order valence-corrected chi connectivity index (χ1v) is 7.49. The Bertz CT molecular complexity index is 654. The van der Waals surface area contributed by atoms with Gasteiger partial charge < -0.3 is 15.8 Å². The molecule has 0 bridgehead atoms. The van der Waals surface area contributed by atoms with E-state index in [0.717, 1.165) is 11.1 Å². The highest BCUT2D eigenvalue weighted by molar-refractivity contribution is 5.94. The quantitative estimate of drug-likeness (QED) is 0.542. The van der Waals surface area contributed by atoms with E-state index in [1.165, 1.54) is 0 Å². The van der Waals surface area contributed by atoms with Gasteiger partial charge in [0.1, 0.15) is 5.84 Å². The van der Waals surface area contributed by atoms with Crippen LogP contribution in [0.3, 0.4) is 0 Å². The van der Waals surface area contributed by atoms with Crippen LogP contribution in [-0.4, -0.2) is 18.3 Å². The van der Waals surface area contributed by atoms with Crippen molar-refractivity contribution in [3.05, 3.63) is 71.3 Å². The first-order valence-electron chi connectivity index (χ1n) is 7.49. The number of amidine groups is 1. The molecular weight excluding hydrogens is 290 g/mol. The van der Waals surface area contributed by atoms with E-state index in [-0.39, 0.29) is 11.7 Å². The Hall–Kier alpha value is -2.66. The number of nitrogens with two attached hydrogens (primary N) is 1. The highest BCUT2D eigenvalue weighted by atomic mass is 16.5. The summed E-state index contributed by atoms with van der Waals surface area (Å²) in [5.41, 5.74) is 7.85. The van der Waals surface area contributed by atoms with Gasteiger partial charge in [-0.05, 0) is 18.1 Å². The lowest BCUT2D eigenvalue weighted by Gasteiger charge is -2.17. The molecule has 4 N–H and O–H groups in total. The third kappa shape index (κ3) is 4.66. The van der Waals surface area contributed by atoms with Gasteiger partial charge in [-0.15, -0.1) is 0 Å². The van der Waals surface area contributed by atoms with Gasteiger partial charge in [0.2, 0.25) is 0 Å². The maximum atomic E-state index is 12.4. The lowest BCUT2D eigenvalue weighted by molar-refractivity contribution is -0.133. The molecule has 0 unspecified atom stereocenters. The van der Waals surface area contributed by atoms with Crippen molar-refractivity contribution in [2.45, 2.75) is 19.6 Å². The molecule has 0 radical (unpaired) electrons. The lowest BCUT2D eigenvalue weighted by atomic mass is 10.1. The topological polar surface area (TPSA) is 88.2 Å². The Kier molecular flexibility index (Phi) is 5.88. The number of rotatable bonds is 7. The van der Waals surface area contributed by atoms with Gasteiger partial charge in [0.15, 0.2) is 6.10 Å². The molecule has 0 fully saturated rings. The smallest absolute Gasteiger partial charge is 0.254 e. The van der Waals surface area contributed by atoms with Crippen molar-refractivity contribution >= 4 is 11.7 Å².